The fourth-order valence-corrected chi connectivity index (χ4v) is 1.73. The number of hydrogen-bond donors (Lipinski definition) is 2. The second-order valence-corrected chi connectivity index (χ2v) is 4.29. The van der Waals surface area contributed by atoms with Crippen LogP contribution in [0.15, 0.2) is 0 Å². The van der Waals surface area contributed by atoms with Crippen LogP contribution in [-0.2, 0) is 9.53 Å². The molecular weight excluding hydrogens is 194 g/mol. The molecule has 0 saturated carbocycles. The van der Waals surface area contributed by atoms with Crippen LogP contribution in [0.5, 0.6) is 0 Å². The minimum atomic E-state index is -0.532. The Kier molecular flexibility index (Phi) is 4.50. The molecule has 88 valence electrons. The van der Waals surface area contributed by atoms with E-state index in [0.717, 1.165) is 19.7 Å². The lowest BCUT2D eigenvalue weighted by Gasteiger charge is -2.37. The number of amides is 1. The molecule has 1 saturated heterocycles. The molecule has 0 radical (unpaired) electrons. The molecule has 3 unspecified atom stereocenters. The summed E-state index contributed by atoms with van der Waals surface area (Å²) in [5.74, 6) is -0.427. The van der Waals surface area contributed by atoms with Crippen molar-refractivity contribution in [2.45, 2.75) is 38.5 Å². The molecule has 0 aromatic rings. The van der Waals surface area contributed by atoms with E-state index >= 15 is 0 Å². The Hall–Kier alpha value is -0.650. The summed E-state index contributed by atoms with van der Waals surface area (Å²) < 4.78 is 5.51. The van der Waals surface area contributed by atoms with Crippen LogP contribution in [0, 0.1) is 0 Å². The number of carbonyl (C=O) groups is 1. The third-order valence-corrected chi connectivity index (χ3v) is 2.83. The molecule has 0 aliphatic carbocycles. The quantitative estimate of drug-likeness (QED) is 0.649. The van der Waals surface area contributed by atoms with E-state index in [2.05, 4.69) is 11.8 Å². The lowest BCUT2D eigenvalue weighted by atomic mass is 10.1. The van der Waals surface area contributed by atoms with Crippen molar-refractivity contribution < 1.29 is 9.53 Å². The minimum absolute atomic E-state index is 0.256. The predicted molar refractivity (Wildman–Crippen MR) is 58.2 cm³/mol. The average Bonchev–Trinajstić information content (AvgIpc) is 2.18. The maximum Gasteiger partial charge on any atom is 0.234 e. The number of rotatable bonds is 4. The summed E-state index contributed by atoms with van der Waals surface area (Å²) in [5, 5.41) is 0. The fraction of sp³-hybridized carbons (Fsp3) is 0.900. The molecule has 1 heterocycles. The lowest BCUT2D eigenvalue weighted by Crippen LogP contribution is -2.49. The summed E-state index contributed by atoms with van der Waals surface area (Å²) >= 11 is 0. The van der Waals surface area contributed by atoms with Crippen LogP contribution in [0.4, 0.5) is 0 Å². The molecular formula is C10H21N3O2. The Labute approximate surface area is 90.7 Å². The van der Waals surface area contributed by atoms with Gasteiger partial charge in [-0.3, -0.25) is 9.69 Å². The van der Waals surface area contributed by atoms with E-state index in [1.807, 2.05) is 6.92 Å². The van der Waals surface area contributed by atoms with Gasteiger partial charge in [0.2, 0.25) is 5.91 Å². The van der Waals surface area contributed by atoms with E-state index in [4.69, 9.17) is 16.2 Å². The molecule has 0 spiro atoms. The van der Waals surface area contributed by atoms with E-state index < -0.39 is 11.9 Å². The standard InChI is InChI=1S/C10H21N3O2/c1-7-6-15-8(2)5-13(7)4-3-9(11)10(12)14/h7-9H,3-6,11H2,1-2H3,(H2,12,14). The second-order valence-electron chi connectivity index (χ2n) is 4.29. The summed E-state index contributed by atoms with van der Waals surface area (Å²) in [6.07, 6.45) is 0.873. The Morgan fingerprint density at radius 2 is 2.27 bits per heavy atom. The maximum absolute atomic E-state index is 10.8. The van der Waals surface area contributed by atoms with Crippen molar-refractivity contribution in [3.8, 4) is 0 Å². The Balaban J connectivity index is 2.33. The van der Waals surface area contributed by atoms with Gasteiger partial charge >= 0.3 is 0 Å². The number of primary amides is 1. The van der Waals surface area contributed by atoms with Gasteiger partial charge in [0.05, 0.1) is 18.8 Å². The monoisotopic (exact) mass is 215 g/mol. The van der Waals surface area contributed by atoms with Gasteiger partial charge in [-0.15, -0.1) is 0 Å². The number of nitrogens with zero attached hydrogens (tertiary/aromatic N) is 1. The van der Waals surface area contributed by atoms with E-state index in [-0.39, 0.29) is 6.10 Å². The first-order valence-corrected chi connectivity index (χ1v) is 5.41. The van der Waals surface area contributed by atoms with Gasteiger partial charge in [0.1, 0.15) is 0 Å². The molecule has 0 aromatic heterocycles. The highest BCUT2D eigenvalue weighted by Gasteiger charge is 2.23. The van der Waals surface area contributed by atoms with Crippen molar-refractivity contribution in [2.75, 3.05) is 19.7 Å². The summed E-state index contributed by atoms with van der Waals surface area (Å²) in [6.45, 7) is 6.60. The van der Waals surface area contributed by atoms with Crippen molar-refractivity contribution in [3.63, 3.8) is 0 Å². The molecule has 0 aromatic carbocycles. The average molecular weight is 215 g/mol. The van der Waals surface area contributed by atoms with E-state index in [1.54, 1.807) is 0 Å². The highest BCUT2D eigenvalue weighted by molar-refractivity contribution is 5.79. The summed E-state index contributed by atoms with van der Waals surface area (Å²) in [6, 6.07) is -0.142. The van der Waals surface area contributed by atoms with Crippen LogP contribution in [-0.4, -0.2) is 48.7 Å². The van der Waals surface area contributed by atoms with Crippen molar-refractivity contribution in [2.24, 2.45) is 11.5 Å². The van der Waals surface area contributed by atoms with E-state index in [1.165, 1.54) is 0 Å². The van der Waals surface area contributed by atoms with Crippen molar-refractivity contribution in [1.29, 1.82) is 0 Å². The largest absolute Gasteiger partial charge is 0.376 e. The van der Waals surface area contributed by atoms with Gasteiger partial charge in [0.25, 0.3) is 0 Å². The van der Waals surface area contributed by atoms with Crippen LogP contribution in [0.2, 0.25) is 0 Å². The Bertz CT molecular complexity index is 223. The molecule has 1 aliphatic rings. The Morgan fingerprint density at radius 3 is 2.87 bits per heavy atom. The molecule has 4 N–H and O–H groups in total. The van der Waals surface area contributed by atoms with Gasteiger partial charge < -0.3 is 16.2 Å². The molecule has 5 heteroatoms. The van der Waals surface area contributed by atoms with Crippen molar-refractivity contribution in [1.82, 2.24) is 4.90 Å². The minimum Gasteiger partial charge on any atom is -0.376 e. The van der Waals surface area contributed by atoms with Crippen LogP contribution in [0.25, 0.3) is 0 Å². The highest BCUT2D eigenvalue weighted by atomic mass is 16.5. The first kappa shape index (κ1) is 12.4. The molecule has 1 rings (SSSR count). The first-order chi connectivity index (χ1) is 7.00. The number of carbonyl (C=O) groups excluding carboxylic acids is 1. The summed E-state index contributed by atoms with van der Waals surface area (Å²) in [4.78, 5) is 13.1. The smallest absolute Gasteiger partial charge is 0.234 e. The van der Waals surface area contributed by atoms with Gasteiger partial charge in [-0.1, -0.05) is 0 Å². The molecule has 15 heavy (non-hydrogen) atoms. The number of ether oxygens (including phenoxy) is 1. The molecule has 5 nitrogen and oxygen atoms in total. The van der Waals surface area contributed by atoms with Crippen LogP contribution in [0.1, 0.15) is 20.3 Å². The fourth-order valence-electron chi connectivity index (χ4n) is 1.73. The molecule has 1 aliphatic heterocycles. The van der Waals surface area contributed by atoms with E-state index in [9.17, 15) is 4.79 Å². The first-order valence-electron chi connectivity index (χ1n) is 5.41. The molecule has 3 atom stereocenters. The van der Waals surface area contributed by atoms with Gasteiger partial charge in [-0.25, -0.2) is 0 Å². The predicted octanol–water partition coefficient (Wildman–Crippen LogP) is -0.702. The van der Waals surface area contributed by atoms with E-state index in [0.29, 0.717) is 12.5 Å². The molecule has 1 amide bonds. The highest BCUT2D eigenvalue weighted by Crippen LogP contribution is 2.11. The van der Waals surface area contributed by atoms with Gasteiger partial charge in [-0.2, -0.15) is 0 Å². The topological polar surface area (TPSA) is 81.6 Å². The Morgan fingerprint density at radius 1 is 1.60 bits per heavy atom. The summed E-state index contributed by atoms with van der Waals surface area (Å²) in [7, 11) is 0. The zero-order valence-corrected chi connectivity index (χ0v) is 9.48. The number of morpholine rings is 1. The van der Waals surface area contributed by atoms with Crippen molar-refractivity contribution in [3.05, 3.63) is 0 Å². The zero-order valence-electron chi connectivity index (χ0n) is 9.48. The molecule has 1 fully saturated rings. The lowest BCUT2D eigenvalue weighted by molar-refractivity contribution is -0.119. The zero-order chi connectivity index (χ0) is 11.4. The van der Waals surface area contributed by atoms with Crippen molar-refractivity contribution >= 4 is 5.91 Å². The third kappa shape index (κ3) is 3.77. The third-order valence-electron chi connectivity index (χ3n) is 2.83. The number of nitrogens with two attached hydrogens (primary N) is 2. The van der Waals surface area contributed by atoms with Gasteiger partial charge in [-0.05, 0) is 20.3 Å². The maximum atomic E-state index is 10.8. The normalized spacial score (nSPS) is 30.1. The van der Waals surface area contributed by atoms with Crippen LogP contribution < -0.4 is 11.5 Å². The molecule has 0 bridgehead atoms. The van der Waals surface area contributed by atoms with Crippen LogP contribution >= 0.6 is 0 Å². The SMILES string of the molecule is CC1CN(CCC(N)C(N)=O)C(C)CO1. The summed E-state index contributed by atoms with van der Waals surface area (Å²) in [5.41, 5.74) is 10.7. The van der Waals surface area contributed by atoms with Crippen LogP contribution in [0.3, 0.4) is 0 Å². The van der Waals surface area contributed by atoms with Gasteiger partial charge in [0.15, 0.2) is 0 Å². The number of hydrogen-bond acceptors (Lipinski definition) is 4. The van der Waals surface area contributed by atoms with Gasteiger partial charge in [0, 0.05) is 19.1 Å². The second kappa shape index (κ2) is 5.44.